The summed E-state index contributed by atoms with van der Waals surface area (Å²) < 4.78 is 17.1. The van der Waals surface area contributed by atoms with Crippen molar-refractivity contribution in [3.63, 3.8) is 0 Å². The Morgan fingerprint density at radius 3 is 2.24 bits per heavy atom. The smallest absolute Gasteiger partial charge is 0.319 e. The van der Waals surface area contributed by atoms with Crippen molar-refractivity contribution in [2.45, 2.75) is 6.54 Å². The molecule has 29 heavy (non-hydrogen) atoms. The van der Waals surface area contributed by atoms with E-state index in [9.17, 15) is 9.59 Å². The van der Waals surface area contributed by atoms with E-state index in [4.69, 9.17) is 14.2 Å². The number of aromatic nitrogens is 2. The van der Waals surface area contributed by atoms with E-state index in [1.807, 2.05) is 6.07 Å². The summed E-state index contributed by atoms with van der Waals surface area (Å²) in [6.45, 7) is 0.144. The van der Waals surface area contributed by atoms with Gasteiger partial charge in [-0.05, 0) is 6.07 Å². The second-order valence-electron chi connectivity index (χ2n) is 6.14. The Bertz CT molecular complexity index is 1080. The molecule has 1 heterocycles. The zero-order chi connectivity index (χ0) is 21.0. The molecule has 0 atom stereocenters. The van der Waals surface area contributed by atoms with Crippen molar-refractivity contribution in [2.24, 2.45) is 7.05 Å². The van der Waals surface area contributed by atoms with E-state index >= 15 is 0 Å². The molecule has 1 aromatic heterocycles. The van der Waals surface area contributed by atoms with Gasteiger partial charge in [-0.15, -0.1) is 0 Å². The van der Waals surface area contributed by atoms with E-state index in [1.54, 1.807) is 37.4 Å². The van der Waals surface area contributed by atoms with E-state index in [2.05, 4.69) is 15.7 Å². The SMILES string of the molecule is COc1cc(NC(=O)NCc2nn(C)c(=O)c3ccccc23)cc(OC)c1OC. The van der Waals surface area contributed by atoms with E-state index in [0.29, 0.717) is 39.4 Å². The van der Waals surface area contributed by atoms with Crippen molar-refractivity contribution in [3.05, 3.63) is 52.4 Å². The molecule has 152 valence electrons. The number of methoxy groups -OCH3 is 3. The van der Waals surface area contributed by atoms with Crippen molar-refractivity contribution in [2.75, 3.05) is 26.6 Å². The van der Waals surface area contributed by atoms with Gasteiger partial charge in [0.15, 0.2) is 11.5 Å². The van der Waals surface area contributed by atoms with Crippen LogP contribution in [0.4, 0.5) is 10.5 Å². The second kappa shape index (κ2) is 8.51. The molecule has 0 radical (unpaired) electrons. The van der Waals surface area contributed by atoms with E-state index < -0.39 is 6.03 Å². The molecule has 9 heteroatoms. The van der Waals surface area contributed by atoms with Gasteiger partial charge in [-0.1, -0.05) is 18.2 Å². The highest BCUT2D eigenvalue weighted by atomic mass is 16.5. The molecule has 0 bridgehead atoms. The van der Waals surface area contributed by atoms with Gasteiger partial charge in [0.1, 0.15) is 0 Å². The van der Waals surface area contributed by atoms with Crippen LogP contribution in [0.25, 0.3) is 10.8 Å². The number of nitrogens with one attached hydrogen (secondary N) is 2. The molecule has 2 amide bonds. The van der Waals surface area contributed by atoms with Crippen LogP contribution in [0, 0.1) is 0 Å². The van der Waals surface area contributed by atoms with Gasteiger partial charge >= 0.3 is 6.03 Å². The molecule has 9 nitrogen and oxygen atoms in total. The number of amides is 2. The summed E-state index contributed by atoms with van der Waals surface area (Å²) in [4.78, 5) is 24.6. The highest BCUT2D eigenvalue weighted by Gasteiger charge is 2.15. The molecule has 0 aliphatic carbocycles. The van der Waals surface area contributed by atoms with E-state index in [0.717, 1.165) is 0 Å². The molecule has 0 saturated heterocycles. The monoisotopic (exact) mass is 398 g/mol. The zero-order valence-corrected chi connectivity index (χ0v) is 16.6. The second-order valence-corrected chi connectivity index (χ2v) is 6.14. The minimum Gasteiger partial charge on any atom is -0.493 e. The number of hydrogen-bond acceptors (Lipinski definition) is 6. The van der Waals surface area contributed by atoms with Gasteiger partial charge in [0.25, 0.3) is 5.56 Å². The maximum Gasteiger partial charge on any atom is 0.319 e. The predicted octanol–water partition coefficient (Wildman–Crippen LogP) is 2.28. The number of carbonyl (C=O) groups is 1. The lowest BCUT2D eigenvalue weighted by atomic mass is 10.1. The lowest BCUT2D eigenvalue weighted by molar-refractivity contribution is 0.251. The third-order valence-corrected chi connectivity index (χ3v) is 4.37. The molecule has 0 fully saturated rings. The number of fused-ring (bicyclic) bond motifs is 1. The van der Waals surface area contributed by atoms with Gasteiger partial charge < -0.3 is 24.8 Å². The molecular weight excluding hydrogens is 376 g/mol. The summed E-state index contributed by atoms with van der Waals surface area (Å²) in [5, 5.41) is 11.0. The number of hydrogen-bond donors (Lipinski definition) is 2. The Balaban J connectivity index is 1.78. The number of benzene rings is 2. The van der Waals surface area contributed by atoms with Crippen molar-refractivity contribution in [3.8, 4) is 17.2 Å². The third-order valence-electron chi connectivity index (χ3n) is 4.37. The largest absolute Gasteiger partial charge is 0.493 e. The average molecular weight is 398 g/mol. The van der Waals surface area contributed by atoms with Crippen LogP contribution in [0.1, 0.15) is 5.69 Å². The molecular formula is C20H22N4O5. The molecule has 0 aliphatic heterocycles. The van der Waals surface area contributed by atoms with Crippen molar-refractivity contribution in [1.82, 2.24) is 15.1 Å². The number of carbonyl (C=O) groups excluding carboxylic acids is 1. The van der Waals surface area contributed by atoms with Gasteiger partial charge in [0.2, 0.25) is 5.75 Å². The van der Waals surface area contributed by atoms with Crippen molar-refractivity contribution >= 4 is 22.5 Å². The van der Waals surface area contributed by atoms with Gasteiger partial charge in [-0.25, -0.2) is 9.48 Å². The summed E-state index contributed by atoms with van der Waals surface area (Å²) >= 11 is 0. The number of urea groups is 1. The third kappa shape index (κ3) is 4.08. The average Bonchev–Trinajstić information content (AvgIpc) is 2.74. The fraction of sp³-hybridized carbons (Fsp3) is 0.250. The first kappa shape index (κ1) is 20.0. The van der Waals surface area contributed by atoms with Crippen LogP contribution in [-0.2, 0) is 13.6 Å². The van der Waals surface area contributed by atoms with E-state index in [1.165, 1.54) is 26.0 Å². The van der Waals surface area contributed by atoms with Crippen LogP contribution < -0.4 is 30.4 Å². The molecule has 3 aromatic rings. The van der Waals surface area contributed by atoms with Crippen molar-refractivity contribution in [1.29, 1.82) is 0 Å². The van der Waals surface area contributed by atoms with Gasteiger partial charge in [0.05, 0.1) is 44.6 Å². The van der Waals surface area contributed by atoms with Gasteiger partial charge in [-0.3, -0.25) is 4.79 Å². The van der Waals surface area contributed by atoms with Crippen LogP contribution in [0.15, 0.2) is 41.2 Å². The predicted molar refractivity (Wildman–Crippen MR) is 109 cm³/mol. The van der Waals surface area contributed by atoms with Gasteiger partial charge in [0, 0.05) is 24.6 Å². The minimum absolute atomic E-state index is 0.144. The summed E-state index contributed by atoms with van der Waals surface area (Å²) in [6, 6.07) is 9.96. The first-order chi connectivity index (χ1) is 14.0. The maximum absolute atomic E-state index is 12.4. The fourth-order valence-corrected chi connectivity index (χ4v) is 3.00. The molecule has 0 aliphatic rings. The maximum atomic E-state index is 12.4. The van der Waals surface area contributed by atoms with Crippen LogP contribution in [0.2, 0.25) is 0 Å². The molecule has 2 N–H and O–H groups in total. The lowest BCUT2D eigenvalue weighted by Gasteiger charge is -2.15. The normalized spacial score (nSPS) is 10.5. The molecule has 2 aromatic carbocycles. The Kier molecular flexibility index (Phi) is 5.87. The topological polar surface area (TPSA) is 104 Å². The summed E-state index contributed by atoms with van der Waals surface area (Å²) in [7, 11) is 6.08. The molecule has 0 spiro atoms. The Morgan fingerprint density at radius 1 is 1.03 bits per heavy atom. The number of aryl methyl sites for hydroxylation is 1. The Hall–Kier alpha value is -3.75. The van der Waals surface area contributed by atoms with Crippen molar-refractivity contribution < 1.29 is 19.0 Å². The summed E-state index contributed by atoms with van der Waals surface area (Å²) in [6.07, 6.45) is 0. The van der Waals surface area contributed by atoms with Crippen LogP contribution >= 0.6 is 0 Å². The van der Waals surface area contributed by atoms with Crippen LogP contribution in [0.5, 0.6) is 17.2 Å². The number of nitrogens with zero attached hydrogens (tertiary/aromatic N) is 2. The minimum atomic E-state index is -0.445. The molecule has 3 rings (SSSR count). The first-order valence-corrected chi connectivity index (χ1v) is 8.78. The Labute approximate surface area is 167 Å². The molecule has 0 unspecified atom stereocenters. The fourth-order valence-electron chi connectivity index (χ4n) is 3.00. The molecule has 0 saturated carbocycles. The number of rotatable bonds is 6. The summed E-state index contributed by atoms with van der Waals surface area (Å²) in [5.74, 6) is 1.28. The zero-order valence-electron chi connectivity index (χ0n) is 16.6. The summed E-state index contributed by atoms with van der Waals surface area (Å²) in [5.41, 5.74) is 0.865. The van der Waals surface area contributed by atoms with Crippen LogP contribution in [0.3, 0.4) is 0 Å². The first-order valence-electron chi connectivity index (χ1n) is 8.78. The highest BCUT2D eigenvalue weighted by molar-refractivity contribution is 5.90. The number of ether oxygens (including phenoxy) is 3. The van der Waals surface area contributed by atoms with Gasteiger partial charge in [-0.2, -0.15) is 5.10 Å². The number of anilines is 1. The lowest BCUT2D eigenvalue weighted by Crippen LogP contribution is -2.30. The standard InChI is InChI=1S/C20H22N4O5/c1-24-19(25)14-8-6-5-7-13(14)15(23-24)11-21-20(26)22-12-9-16(27-2)18(29-4)17(10-12)28-3/h5-10H,11H2,1-4H3,(H2,21,22,26). The van der Waals surface area contributed by atoms with Crippen LogP contribution in [-0.4, -0.2) is 37.1 Å². The quantitative estimate of drug-likeness (QED) is 0.660. The highest BCUT2D eigenvalue weighted by Crippen LogP contribution is 2.39. The van der Waals surface area contributed by atoms with E-state index in [-0.39, 0.29) is 12.1 Å². The Morgan fingerprint density at radius 2 is 1.66 bits per heavy atom.